The molecule has 0 aromatic carbocycles. The predicted molar refractivity (Wildman–Crippen MR) is 91.4 cm³/mol. The fourth-order valence-corrected chi connectivity index (χ4v) is 2.59. The zero-order chi connectivity index (χ0) is 34.0. The Morgan fingerprint density at radius 2 is 0.930 bits per heavy atom. The van der Waals surface area contributed by atoms with Crippen LogP contribution < -0.4 is 29.6 Å². The van der Waals surface area contributed by atoms with Crippen LogP contribution in [0.1, 0.15) is 19.3 Å². The van der Waals surface area contributed by atoms with Gasteiger partial charge in [-0.3, -0.25) is 8.98 Å². The van der Waals surface area contributed by atoms with E-state index in [1.165, 1.54) is 0 Å². The molecule has 0 saturated heterocycles. The van der Waals surface area contributed by atoms with Crippen molar-refractivity contribution in [1.82, 2.24) is 0 Å². The van der Waals surface area contributed by atoms with Crippen molar-refractivity contribution in [2.75, 3.05) is 13.2 Å². The van der Waals surface area contributed by atoms with E-state index in [4.69, 9.17) is 0 Å². The van der Waals surface area contributed by atoms with Gasteiger partial charge in [0.2, 0.25) is 0 Å². The first-order valence-corrected chi connectivity index (χ1v) is 10.8. The Labute approximate surface area is 250 Å². The number of halogens is 18. The molecule has 0 radical (unpaired) electrons. The average Bonchev–Trinajstić information content (AvgIpc) is 2.75. The summed E-state index contributed by atoms with van der Waals surface area (Å²) in [5.41, 5.74) is 0. The molecule has 0 aromatic rings. The van der Waals surface area contributed by atoms with Gasteiger partial charge in [-0.15, -0.1) is 0 Å². The normalized spacial score (nSPS) is 15.8. The van der Waals surface area contributed by atoms with Gasteiger partial charge in [-0.05, 0) is 0 Å². The maximum atomic E-state index is 13.4. The van der Waals surface area contributed by atoms with Crippen LogP contribution in [0.4, 0.5) is 79.0 Å². The summed E-state index contributed by atoms with van der Waals surface area (Å²) >= 11 is -3.90. The summed E-state index contributed by atoms with van der Waals surface area (Å²) in [6, 6.07) is 0. The van der Waals surface area contributed by atoms with Crippen LogP contribution in [0.15, 0.2) is 0 Å². The molecule has 0 aliphatic heterocycles. The molecular weight excluding hydrogens is 701 g/mol. The number of ether oxygens (including phenoxy) is 2. The van der Waals surface area contributed by atoms with Crippen molar-refractivity contribution in [2.45, 2.75) is 73.3 Å². The number of hydrogen-bond donors (Lipinski definition) is 0. The van der Waals surface area contributed by atoms with Gasteiger partial charge in [-0.25, -0.2) is 9.00 Å². The zero-order valence-corrected chi connectivity index (χ0v) is 23.0. The number of esters is 2. The fraction of sp³-hybridized carbons (Fsp3) is 0.875. The van der Waals surface area contributed by atoms with E-state index >= 15 is 0 Å². The van der Waals surface area contributed by atoms with E-state index in [1.54, 1.807) is 0 Å². The molecule has 0 rings (SSSR count). The Kier molecular flexibility index (Phi) is 14.7. The Morgan fingerprint density at radius 3 is 1.23 bits per heavy atom. The molecule has 0 bridgehead atoms. The Hall–Kier alpha value is -1.25. The van der Waals surface area contributed by atoms with Crippen molar-refractivity contribution < 1.29 is 141 Å². The molecule has 27 heteroatoms. The van der Waals surface area contributed by atoms with Gasteiger partial charge in [0.05, 0.1) is 43.8 Å². The molecule has 0 aliphatic carbocycles. The summed E-state index contributed by atoms with van der Waals surface area (Å²) in [5.74, 6) is -46.0. The molecule has 250 valence electrons. The standard InChI is InChI=1S/C16H12F18O7S.Na/c17-9(18,11(21,22)13(25,26)15(29,30)31)1-3-39-7(35)5-6(41-42(37)38)8(36)40-4-2-10(19,20)12(23,24)14(27,28)16(32,33)34;/h6H,1-5H2,(H,37,38);/q;+1/p-1. The van der Waals surface area contributed by atoms with Gasteiger partial charge in [0.25, 0.3) is 0 Å². The topological polar surface area (TPSA) is 102 Å². The van der Waals surface area contributed by atoms with Gasteiger partial charge in [-0.2, -0.15) is 79.0 Å². The van der Waals surface area contributed by atoms with Gasteiger partial charge in [0.15, 0.2) is 6.10 Å². The van der Waals surface area contributed by atoms with Crippen LogP contribution in [0.3, 0.4) is 0 Å². The van der Waals surface area contributed by atoms with Gasteiger partial charge in [-0.1, -0.05) is 0 Å². The van der Waals surface area contributed by atoms with Crippen molar-refractivity contribution >= 4 is 23.3 Å². The SMILES string of the molecule is O=C(CC(OS(=O)[O-])C(=O)OCCC(F)(F)C(F)(F)C(F)(F)C(F)(F)F)OCCC(F)(F)C(F)(F)C(F)(F)C(F)(F)F.[Na+]. The maximum Gasteiger partial charge on any atom is 1.00 e. The second-order valence-electron chi connectivity index (χ2n) is 7.58. The third-order valence-electron chi connectivity index (χ3n) is 4.57. The van der Waals surface area contributed by atoms with Crippen LogP contribution in [-0.2, 0) is 34.6 Å². The molecule has 0 N–H and O–H groups in total. The summed E-state index contributed by atoms with van der Waals surface area (Å²) in [7, 11) is 0. The van der Waals surface area contributed by atoms with Crippen LogP contribution in [-0.4, -0.2) is 87.9 Å². The molecule has 0 aliphatic rings. The van der Waals surface area contributed by atoms with Crippen molar-refractivity contribution in [2.24, 2.45) is 0 Å². The van der Waals surface area contributed by atoms with Crippen LogP contribution >= 0.6 is 0 Å². The van der Waals surface area contributed by atoms with Crippen LogP contribution in [0.25, 0.3) is 0 Å². The monoisotopic (exact) mass is 712 g/mol. The van der Waals surface area contributed by atoms with Gasteiger partial charge < -0.3 is 14.0 Å². The van der Waals surface area contributed by atoms with E-state index < -0.39 is 110 Å². The van der Waals surface area contributed by atoms with E-state index in [0.717, 1.165) is 0 Å². The Bertz CT molecular complexity index is 985. The van der Waals surface area contributed by atoms with E-state index in [9.17, 15) is 97.4 Å². The van der Waals surface area contributed by atoms with E-state index in [1.807, 2.05) is 0 Å². The fourth-order valence-electron chi connectivity index (χ4n) is 2.26. The third-order valence-corrected chi connectivity index (χ3v) is 4.96. The molecule has 2 atom stereocenters. The summed E-state index contributed by atoms with van der Waals surface area (Å²) in [6.45, 7) is -4.34. The Balaban J connectivity index is 0. The van der Waals surface area contributed by atoms with Gasteiger partial charge in [0.1, 0.15) is 0 Å². The summed E-state index contributed by atoms with van der Waals surface area (Å²) in [5, 5.41) is 0. The minimum atomic E-state index is -7.33. The predicted octanol–water partition coefficient (Wildman–Crippen LogP) is 2.36. The largest absolute Gasteiger partial charge is 1.00 e. The molecule has 0 spiro atoms. The number of carbonyl (C=O) groups is 2. The molecule has 7 nitrogen and oxygen atoms in total. The first-order chi connectivity index (χ1) is 18.3. The van der Waals surface area contributed by atoms with E-state index in [0.29, 0.717) is 0 Å². The molecule has 0 fully saturated rings. The smallest absolute Gasteiger partial charge is 0.750 e. The van der Waals surface area contributed by atoms with Crippen LogP contribution in [0.2, 0.25) is 0 Å². The van der Waals surface area contributed by atoms with Crippen LogP contribution in [0.5, 0.6) is 0 Å². The summed E-state index contributed by atoms with van der Waals surface area (Å²) in [6.07, 6.45) is -24.8. The summed E-state index contributed by atoms with van der Waals surface area (Å²) in [4.78, 5) is 23.2. The van der Waals surface area contributed by atoms with Gasteiger partial charge >= 0.3 is 89.4 Å². The molecule has 43 heavy (non-hydrogen) atoms. The zero-order valence-electron chi connectivity index (χ0n) is 20.2. The number of alkyl halides is 18. The third kappa shape index (κ3) is 9.87. The van der Waals surface area contributed by atoms with Crippen LogP contribution in [0, 0.1) is 0 Å². The van der Waals surface area contributed by atoms with E-state index in [-0.39, 0.29) is 29.6 Å². The first-order valence-electron chi connectivity index (χ1n) is 9.79. The number of rotatable bonds is 15. The van der Waals surface area contributed by atoms with Crippen molar-refractivity contribution in [3.63, 3.8) is 0 Å². The second-order valence-corrected chi connectivity index (χ2v) is 8.18. The molecule has 0 saturated carbocycles. The van der Waals surface area contributed by atoms with Crippen molar-refractivity contribution in [3.8, 4) is 0 Å². The molecule has 0 heterocycles. The van der Waals surface area contributed by atoms with E-state index in [2.05, 4.69) is 13.7 Å². The molecular formula is C16H11F18NaO7S. The Morgan fingerprint density at radius 1 is 0.605 bits per heavy atom. The number of carbonyl (C=O) groups excluding carboxylic acids is 2. The van der Waals surface area contributed by atoms with Crippen molar-refractivity contribution in [1.29, 1.82) is 0 Å². The first kappa shape index (κ1) is 43.9. The van der Waals surface area contributed by atoms with Crippen molar-refractivity contribution in [3.05, 3.63) is 0 Å². The second kappa shape index (κ2) is 14.5. The molecule has 2 unspecified atom stereocenters. The average molecular weight is 712 g/mol. The minimum absolute atomic E-state index is 0. The maximum absolute atomic E-state index is 13.4. The quantitative estimate of drug-likeness (QED) is 0.111. The molecule has 0 aromatic heterocycles. The number of hydrogen-bond acceptors (Lipinski definition) is 7. The van der Waals surface area contributed by atoms with Gasteiger partial charge in [0, 0.05) is 0 Å². The minimum Gasteiger partial charge on any atom is -0.750 e. The summed E-state index contributed by atoms with van der Waals surface area (Å²) < 4.78 is 262. The molecule has 0 amide bonds.